The molecule has 0 saturated heterocycles. The topological polar surface area (TPSA) is 90.3 Å². The van der Waals surface area contributed by atoms with Crippen molar-refractivity contribution in [2.24, 2.45) is 0 Å². The fourth-order valence-electron chi connectivity index (χ4n) is 2.82. The summed E-state index contributed by atoms with van der Waals surface area (Å²) in [6.45, 7) is 3.36. The van der Waals surface area contributed by atoms with E-state index in [4.69, 9.17) is 4.74 Å². The van der Waals surface area contributed by atoms with Gasteiger partial charge in [0.05, 0.1) is 30.3 Å². The first-order chi connectivity index (χ1) is 13.4. The van der Waals surface area contributed by atoms with E-state index in [1.807, 2.05) is 30.3 Å². The van der Waals surface area contributed by atoms with Crippen molar-refractivity contribution in [1.29, 1.82) is 0 Å². The van der Waals surface area contributed by atoms with Crippen molar-refractivity contribution < 1.29 is 14.3 Å². The van der Waals surface area contributed by atoms with Gasteiger partial charge in [0.1, 0.15) is 11.4 Å². The molecule has 0 aliphatic carbocycles. The Balaban J connectivity index is 1.75. The molecule has 28 heavy (non-hydrogen) atoms. The highest BCUT2D eigenvalue weighted by atomic mass is 32.1. The molecule has 146 valence electrons. The van der Waals surface area contributed by atoms with Crippen LogP contribution in [0.4, 0.5) is 0 Å². The number of ether oxygens (including phenoxy) is 1. The molecule has 3 aromatic rings. The van der Waals surface area contributed by atoms with Gasteiger partial charge in [-0.15, -0.1) is 11.3 Å². The van der Waals surface area contributed by atoms with Crippen molar-refractivity contribution in [1.82, 2.24) is 14.9 Å². The minimum absolute atomic E-state index is 0.00461. The minimum atomic E-state index is -0.548. The lowest BCUT2D eigenvalue weighted by Gasteiger charge is -2.19. The second-order valence-electron chi connectivity index (χ2n) is 6.59. The van der Waals surface area contributed by atoms with Gasteiger partial charge in [-0.1, -0.05) is 30.3 Å². The number of nitrogens with zero attached hydrogens (tertiary/aromatic N) is 2. The third-order valence-corrected chi connectivity index (χ3v) is 4.86. The molecule has 1 atom stereocenters. The second kappa shape index (κ2) is 8.79. The predicted molar refractivity (Wildman–Crippen MR) is 107 cm³/mol. The molecule has 0 spiro atoms. The summed E-state index contributed by atoms with van der Waals surface area (Å²) in [6, 6.07) is 10.3. The fraction of sp³-hybridized carbons (Fsp3) is 0.300. The quantitative estimate of drug-likeness (QED) is 0.617. The van der Waals surface area contributed by atoms with Crippen LogP contribution in [0.15, 0.2) is 52.9 Å². The Bertz CT molecular complexity index is 1030. The molecule has 0 fully saturated rings. The first kappa shape index (κ1) is 19.8. The first-order valence-corrected chi connectivity index (χ1v) is 9.78. The van der Waals surface area contributed by atoms with E-state index in [9.17, 15) is 14.4 Å². The summed E-state index contributed by atoms with van der Waals surface area (Å²) < 4.78 is 6.47. The molecule has 3 rings (SSSR count). The number of aromatic nitrogens is 2. The zero-order chi connectivity index (χ0) is 20.1. The summed E-state index contributed by atoms with van der Waals surface area (Å²) in [7, 11) is 0. The Labute approximate surface area is 166 Å². The number of esters is 1. The molecule has 2 aromatic heterocycles. The normalized spacial score (nSPS) is 12.1. The molecule has 1 N–H and O–H groups in total. The average molecular weight is 399 g/mol. The number of carbonyl (C=O) groups is 2. The van der Waals surface area contributed by atoms with Crippen LogP contribution in [0.3, 0.4) is 0 Å². The third kappa shape index (κ3) is 4.83. The summed E-state index contributed by atoms with van der Waals surface area (Å²) in [5, 5.41) is 5.10. The number of benzene rings is 1. The molecule has 0 radical (unpaired) electrons. The summed E-state index contributed by atoms with van der Waals surface area (Å²) in [5.74, 6) is -0.785. The number of fused-ring (bicyclic) bond motifs is 1. The molecule has 0 bridgehead atoms. The van der Waals surface area contributed by atoms with E-state index in [1.54, 1.807) is 25.3 Å². The molecule has 1 aromatic carbocycles. The third-order valence-electron chi connectivity index (χ3n) is 4.04. The van der Waals surface area contributed by atoms with Crippen molar-refractivity contribution in [3.05, 3.63) is 64.0 Å². The fourth-order valence-corrected chi connectivity index (χ4v) is 3.54. The summed E-state index contributed by atoms with van der Waals surface area (Å²) >= 11 is 1.37. The van der Waals surface area contributed by atoms with Crippen molar-refractivity contribution in [3.63, 3.8) is 0 Å². The lowest BCUT2D eigenvalue weighted by Crippen LogP contribution is -2.36. The smallest absolute Gasteiger partial charge is 0.308 e. The van der Waals surface area contributed by atoms with E-state index >= 15 is 0 Å². The summed E-state index contributed by atoms with van der Waals surface area (Å²) in [5.41, 5.74) is 0.521. The summed E-state index contributed by atoms with van der Waals surface area (Å²) in [4.78, 5) is 42.0. The van der Waals surface area contributed by atoms with Gasteiger partial charge in [-0.2, -0.15) is 0 Å². The highest BCUT2D eigenvalue weighted by Crippen LogP contribution is 2.18. The van der Waals surface area contributed by atoms with Gasteiger partial charge >= 0.3 is 5.97 Å². The minimum Gasteiger partial charge on any atom is -0.463 e. The highest BCUT2D eigenvalue weighted by molar-refractivity contribution is 7.16. The summed E-state index contributed by atoms with van der Waals surface area (Å²) in [6.07, 6.45) is 1.14. The molecule has 1 amide bonds. The maximum absolute atomic E-state index is 12.6. The van der Waals surface area contributed by atoms with Crippen LogP contribution in [0.25, 0.3) is 10.2 Å². The van der Waals surface area contributed by atoms with Gasteiger partial charge in [-0.3, -0.25) is 19.0 Å². The Kier molecular flexibility index (Phi) is 6.20. The van der Waals surface area contributed by atoms with E-state index in [0.29, 0.717) is 10.2 Å². The predicted octanol–water partition coefficient (Wildman–Crippen LogP) is 2.66. The molecular formula is C20H21N3O4S. The van der Waals surface area contributed by atoms with Crippen LogP contribution in [0.5, 0.6) is 0 Å². The SMILES string of the molecule is CC(C)OC(=O)C[C@@H](NC(=O)Cn1cnc2sccc2c1=O)c1ccccc1. The Hall–Kier alpha value is -3.00. The number of hydrogen-bond acceptors (Lipinski definition) is 6. The van der Waals surface area contributed by atoms with E-state index < -0.39 is 12.0 Å². The standard InChI is InChI=1S/C20H21N3O4S/c1-13(2)27-18(25)10-16(14-6-4-3-5-7-14)22-17(24)11-23-12-21-19-15(20(23)26)8-9-28-19/h3-9,12-13,16H,10-11H2,1-2H3,(H,22,24)/t16-/m1/s1. The molecule has 0 saturated carbocycles. The van der Waals surface area contributed by atoms with Crippen LogP contribution in [0.1, 0.15) is 31.9 Å². The number of hydrogen-bond donors (Lipinski definition) is 1. The van der Waals surface area contributed by atoms with E-state index in [2.05, 4.69) is 10.3 Å². The number of nitrogens with one attached hydrogen (secondary N) is 1. The van der Waals surface area contributed by atoms with Gasteiger partial charge in [0.2, 0.25) is 5.91 Å². The second-order valence-corrected chi connectivity index (χ2v) is 7.49. The van der Waals surface area contributed by atoms with E-state index in [-0.39, 0.29) is 30.5 Å². The van der Waals surface area contributed by atoms with Crippen molar-refractivity contribution in [2.45, 2.75) is 39.0 Å². The van der Waals surface area contributed by atoms with Crippen LogP contribution < -0.4 is 10.9 Å². The van der Waals surface area contributed by atoms with Crippen LogP contribution in [-0.4, -0.2) is 27.5 Å². The Morgan fingerprint density at radius 3 is 2.68 bits per heavy atom. The highest BCUT2D eigenvalue weighted by Gasteiger charge is 2.20. The molecule has 0 aliphatic rings. The Morgan fingerprint density at radius 2 is 1.96 bits per heavy atom. The zero-order valence-corrected chi connectivity index (χ0v) is 16.4. The molecule has 8 heteroatoms. The van der Waals surface area contributed by atoms with Gasteiger partial charge in [0.15, 0.2) is 0 Å². The molecule has 0 unspecified atom stereocenters. The van der Waals surface area contributed by atoms with Crippen LogP contribution in [0.2, 0.25) is 0 Å². The number of amides is 1. The van der Waals surface area contributed by atoms with Crippen molar-refractivity contribution >= 4 is 33.4 Å². The van der Waals surface area contributed by atoms with Crippen LogP contribution >= 0.6 is 11.3 Å². The maximum atomic E-state index is 12.6. The largest absolute Gasteiger partial charge is 0.463 e. The molecule has 7 nitrogen and oxygen atoms in total. The number of thiophene rings is 1. The Morgan fingerprint density at radius 1 is 1.21 bits per heavy atom. The van der Waals surface area contributed by atoms with Crippen LogP contribution in [0, 0.1) is 0 Å². The van der Waals surface area contributed by atoms with Crippen molar-refractivity contribution in [2.75, 3.05) is 0 Å². The lowest BCUT2D eigenvalue weighted by molar-refractivity contribution is -0.148. The zero-order valence-electron chi connectivity index (χ0n) is 15.6. The van der Waals surface area contributed by atoms with Crippen molar-refractivity contribution in [3.8, 4) is 0 Å². The van der Waals surface area contributed by atoms with Gasteiger partial charge in [-0.25, -0.2) is 4.98 Å². The average Bonchev–Trinajstić information content (AvgIpc) is 3.13. The lowest BCUT2D eigenvalue weighted by atomic mass is 10.0. The van der Waals surface area contributed by atoms with Gasteiger partial charge in [-0.05, 0) is 30.9 Å². The van der Waals surface area contributed by atoms with E-state index in [1.165, 1.54) is 22.2 Å². The molecular weight excluding hydrogens is 378 g/mol. The first-order valence-electron chi connectivity index (χ1n) is 8.90. The van der Waals surface area contributed by atoms with Gasteiger partial charge in [0, 0.05) is 0 Å². The van der Waals surface area contributed by atoms with Gasteiger partial charge in [0.25, 0.3) is 5.56 Å². The van der Waals surface area contributed by atoms with E-state index in [0.717, 1.165) is 5.56 Å². The van der Waals surface area contributed by atoms with Gasteiger partial charge < -0.3 is 10.1 Å². The molecule has 2 heterocycles. The number of rotatable bonds is 7. The maximum Gasteiger partial charge on any atom is 0.308 e. The van der Waals surface area contributed by atoms with Crippen LogP contribution in [-0.2, 0) is 20.9 Å². The molecule has 0 aliphatic heterocycles. The monoisotopic (exact) mass is 399 g/mol. The number of carbonyl (C=O) groups excluding carboxylic acids is 2.